The molecule has 5 rings (SSSR count). The minimum Gasteiger partial charge on any atom is -0.444 e. The van der Waals surface area contributed by atoms with Crippen LogP contribution < -0.4 is 10.9 Å². The summed E-state index contributed by atoms with van der Waals surface area (Å²) in [7, 11) is 0. The third kappa shape index (κ3) is 6.58. The van der Waals surface area contributed by atoms with Gasteiger partial charge in [-0.25, -0.2) is 9.78 Å². The fourth-order valence-electron chi connectivity index (χ4n) is 5.76. The third-order valence-corrected chi connectivity index (χ3v) is 8.06. The van der Waals surface area contributed by atoms with Gasteiger partial charge >= 0.3 is 6.09 Å². The lowest BCUT2D eigenvalue weighted by molar-refractivity contribution is -0.136. The number of nitrogens with zero attached hydrogens (tertiary/aromatic N) is 5. The highest BCUT2D eigenvalue weighted by Gasteiger charge is 2.31. The summed E-state index contributed by atoms with van der Waals surface area (Å²) in [6, 6.07) is 4.93. The molecule has 12 heteroatoms. The van der Waals surface area contributed by atoms with Crippen molar-refractivity contribution in [2.45, 2.75) is 64.0 Å². The van der Waals surface area contributed by atoms with E-state index in [1.54, 1.807) is 11.0 Å². The highest BCUT2D eigenvalue weighted by Crippen LogP contribution is 2.29. The maximum atomic E-state index is 13.1. The van der Waals surface area contributed by atoms with E-state index < -0.39 is 17.6 Å². The lowest BCUT2D eigenvalue weighted by Crippen LogP contribution is -2.53. The van der Waals surface area contributed by atoms with E-state index >= 15 is 0 Å². The monoisotopic (exact) mass is 566 g/mol. The standard InChI is InChI=1S/C29H38N6O6/c1-29(2,3)41-28(40)34-14-12-33(13-15-34)25(37)17-32-10-8-19(9-11-32)20-4-5-21-22(16-20)30-18-35(27(21)39)23-6-7-24(36)31-26(23)38/h4-5,16,18-19,23H,6-15,17H2,1-3H3,(H,31,36,38). The van der Waals surface area contributed by atoms with E-state index in [1.807, 2.05) is 37.8 Å². The summed E-state index contributed by atoms with van der Waals surface area (Å²) in [5, 5.41) is 2.73. The van der Waals surface area contributed by atoms with Gasteiger partial charge in [-0.3, -0.25) is 34.0 Å². The summed E-state index contributed by atoms with van der Waals surface area (Å²) in [6.07, 6.45) is 3.30. The van der Waals surface area contributed by atoms with Crippen LogP contribution in [-0.4, -0.2) is 99.5 Å². The first-order valence-electron chi connectivity index (χ1n) is 14.3. The third-order valence-electron chi connectivity index (χ3n) is 8.06. The predicted octanol–water partition coefficient (Wildman–Crippen LogP) is 1.63. The van der Waals surface area contributed by atoms with Crippen molar-refractivity contribution >= 4 is 34.7 Å². The second-order valence-electron chi connectivity index (χ2n) is 12.1. The van der Waals surface area contributed by atoms with Gasteiger partial charge in [-0.05, 0) is 76.7 Å². The van der Waals surface area contributed by atoms with Gasteiger partial charge in [0, 0.05) is 32.6 Å². The van der Waals surface area contributed by atoms with E-state index in [9.17, 15) is 24.0 Å². The number of nitrogens with one attached hydrogen (secondary N) is 1. The molecule has 0 bridgehead atoms. The number of hydrogen-bond donors (Lipinski definition) is 1. The average molecular weight is 567 g/mol. The van der Waals surface area contributed by atoms with Gasteiger partial charge in [0.1, 0.15) is 11.6 Å². The lowest BCUT2D eigenvalue weighted by Gasteiger charge is -2.37. The molecule has 220 valence electrons. The summed E-state index contributed by atoms with van der Waals surface area (Å²) < 4.78 is 6.75. The molecule has 0 saturated carbocycles. The highest BCUT2D eigenvalue weighted by molar-refractivity contribution is 5.99. The van der Waals surface area contributed by atoms with Gasteiger partial charge in [0.15, 0.2) is 0 Å². The normalized spacial score (nSPS) is 21.2. The van der Waals surface area contributed by atoms with Gasteiger partial charge < -0.3 is 14.5 Å². The number of aromatic nitrogens is 2. The van der Waals surface area contributed by atoms with Crippen molar-refractivity contribution < 1.29 is 23.9 Å². The zero-order valence-corrected chi connectivity index (χ0v) is 23.9. The van der Waals surface area contributed by atoms with Crippen molar-refractivity contribution in [3.8, 4) is 0 Å². The minimum absolute atomic E-state index is 0.0782. The van der Waals surface area contributed by atoms with Crippen molar-refractivity contribution in [2.24, 2.45) is 0 Å². The Morgan fingerprint density at radius 3 is 2.32 bits per heavy atom. The lowest BCUT2D eigenvalue weighted by atomic mass is 9.89. The van der Waals surface area contributed by atoms with E-state index in [2.05, 4.69) is 15.2 Å². The molecule has 4 amide bonds. The van der Waals surface area contributed by atoms with Gasteiger partial charge in [0.2, 0.25) is 17.7 Å². The Balaban J connectivity index is 1.13. The van der Waals surface area contributed by atoms with Crippen LogP contribution in [0.1, 0.15) is 64.0 Å². The van der Waals surface area contributed by atoms with Gasteiger partial charge in [-0.2, -0.15) is 0 Å². The van der Waals surface area contributed by atoms with Crippen molar-refractivity contribution in [1.82, 2.24) is 29.6 Å². The SMILES string of the molecule is CC(C)(C)OC(=O)N1CCN(C(=O)CN2CCC(c3ccc4c(=O)n(C5CCC(=O)NC5=O)cnc4c3)CC2)CC1. The number of fused-ring (bicyclic) bond motifs is 1. The van der Waals surface area contributed by atoms with Crippen LogP contribution in [0.4, 0.5) is 4.79 Å². The Kier molecular flexibility index (Phi) is 8.12. The van der Waals surface area contributed by atoms with Crippen molar-refractivity contribution in [2.75, 3.05) is 45.8 Å². The first kappa shape index (κ1) is 28.7. The molecule has 0 spiro atoms. The van der Waals surface area contributed by atoms with Gasteiger partial charge in [0.25, 0.3) is 5.56 Å². The number of ether oxygens (including phenoxy) is 1. The van der Waals surface area contributed by atoms with E-state index in [4.69, 9.17) is 4.74 Å². The van der Waals surface area contributed by atoms with Crippen LogP contribution in [0.25, 0.3) is 10.9 Å². The van der Waals surface area contributed by atoms with Crippen LogP contribution >= 0.6 is 0 Å². The maximum absolute atomic E-state index is 13.1. The Bertz CT molecular complexity index is 1400. The molecule has 3 aliphatic heterocycles. The van der Waals surface area contributed by atoms with E-state index in [1.165, 1.54) is 10.9 Å². The molecule has 1 N–H and O–H groups in total. The number of carbonyl (C=O) groups is 4. The van der Waals surface area contributed by atoms with Gasteiger partial charge in [-0.15, -0.1) is 0 Å². The number of benzene rings is 1. The molecule has 0 radical (unpaired) electrons. The zero-order valence-electron chi connectivity index (χ0n) is 23.9. The smallest absolute Gasteiger partial charge is 0.410 e. The molecule has 3 fully saturated rings. The van der Waals surface area contributed by atoms with Crippen molar-refractivity contribution in [1.29, 1.82) is 0 Å². The first-order valence-corrected chi connectivity index (χ1v) is 14.3. The molecule has 4 heterocycles. The second kappa shape index (κ2) is 11.6. The molecule has 3 aliphatic rings. The van der Waals surface area contributed by atoms with Gasteiger partial charge in [-0.1, -0.05) is 6.07 Å². The van der Waals surface area contributed by atoms with Crippen LogP contribution in [0.3, 0.4) is 0 Å². The topological polar surface area (TPSA) is 134 Å². The number of piperidine rings is 2. The van der Waals surface area contributed by atoms with E-state index in [-0.39, 0.29) is 36.3 Å². The van der Waals surface area contributed by atoms with E-state index in [0.29, 0.717) is 49.5 Å². The number of piperazine rings is 1. The molecule has 1 aromatic carbocycles. The molecule has 2 aromatic rings. The van der Waals surface area contributed by atoms with Crippen molar-refractivity contribution in [3.05, 3.63) is 40.4 Å². The predicted molar refractivity (Wildman–Crippen MR) is 150 cm³/mol. The number of rotatable bonds is 4. The molecule has 3 saturated heterocycles. The minimum atomic E-state index is -0.738. The van der Waals surface area contributed by atoms with Gasteiger partial charge in [0.05, 0.1) is 23.8 Å². The first-order chi connectivity index (χ1) is 19.5. The average Bonchev–Trinajstić information content (AvgIpc) is 2.93. The number of likely N-dealkylation sites (tertiary alicyclic amines) is 1. The largest absolute Gasteiger partial charge is 0.444 e. The molecule has 1 atom stereocenters. The molecule has 1 aromatic heterocycles. The summed E-state index contributed by atoms with van der Waals surface area (Å²) in [6.45, 7) is 9.41. The quantitative estimate of drug-likeness (QED) is 0.552. The summed E-state index contributed by atoms with van der Waals surface area (Å²) >= 11 is 0. The Hall–Kier alpha value is -3.80. The summed E-state index contributed by atoms with van der Waals surface area (Å²) in [5.41, 5.74) is 0.849. The fraction of sp³-hybridized carbons (Fsp3) is 0.586. The molecule has 0 aliphatic carbocycles. The molecular formula is C29H38N6O6. The number of carbonyl (C=O) groups excluding carboxylic acids is 4. The Morgan fingerprint density at radius 2 is 1.66 bits per heavy atom. The number of imide groups is 1. The molecular weight excluding hydrogens is 528 g/mol. The zero-order chi connectivity index (χ0) is 29.3. The Morgan fingerprint density at radius 1 is 0.976 bits per heavy atom. The fourth-order valence-corrected chi connectivity index (χ4v) is 5.76. The highest BCUT2D eigenvalue weighted by atomic mass is 16.6. The van der Waals surface area contributed by atoms with Crippen LogP contribution in [0.5, 0.6) is 0 Å². The number of amides is 4. The Labute approximate surface area is 238 Å². The van der Waals surface area contributed by atoms with Crippen LogP contribution in [-0.2, 0) is 19.1 Å². The molecule has 1 unspecified atom stereocenters. The van der Waals surface area contributed by atoms with Crippen molar-refractivity contribution in [3.63, 3.8) is 0 Å². The summed E-state index contributed by atoms with van der Waals surface area (Å²) in [5.74, 6) is -0.433. The summed E-state index contributed by atoms with van der Waals surface area (Å²) in [4.78, 5) is 72.2. The molecule has 41 heavy (non-hydrogen) atoms. The molecule has 12 nitrogen and oxygen atoms in total. The second-order valence-corrected chi connectivity index (χ2v) is 12.1. The van der Waals surface area contributed by atoms with Crippen LogP contribution in [0.15, 0.2) is 29.3 Å². The van der Waals surface area contributed by atoms with Crippen LogP contribution in [0.2, 0.25) is 0 Å². The van der Waals surface area contributed by atoms with Crippen LogP contribution in [0, 0.1) is 0 Å². The maximum Gasteiger partial charge on any atom is 0.410 e. The van der Waals surface area contributed by atoms with E-state index in [0.717, 1.165) is 31.5 Å². The number of hydrogen-bond acceptors (Lipinski definition) is 8.